The number of carbonyl (C=O) groups is 4. The van der Waals surface area contributed by atoms with Gasteiger partial charge in [-0.1, -0.05) is 13.8 Å². The Hall–Kier alpha value is -2.20. The molecule has 10 nitrogen and oxygen atoms in total. The van der Waals surface area contributed by atoms with Crippen LogP contribution in [-0.2, 0) is 19.2 Å². The van der Waals surface area contributed by atoms with Gasteiger partial charge in [0.05, 0.1) is 12.6 Å². The Labute approximate surface area is 158 Å². The Balaban J connectivity index is 2.89. The van der Waals surface area contributed by atoms with Gasteiger partial charge in [0.1, 0.15) is 18.1 Å². The molecule has 4 unspecified atom stereocenters. The van der Waals surface area contributed by atoms with E-state index in [-0.39, 0.29) is 5.92 Å². The zero-order chi connectivity index (χ0) is 20.7. The zero-order valence-electron chi connectivity index (χ0n) is 16.0. The molecule has 0 spiro atoms. The summed E-state index contributed by atoms with van der Waals surface area (Å²) in [5, 5.41) is 23.5. The number of carbonyl (C=O) groups excluding carboxylic acids is 3. The molecule has 154 valence electrons. The topological polar surface area (TPSA) is 162 Å². The second kappa shape index (κ2) is 10.2. The van der Waals surface area contributed by atoms with Crippen molar-refractivity contribution in [2.24, 2.45) is 11.7 Å². The monoisotopic (exact) mass is 386 g/mol. The predicted molar refractivity (Wildman–Crippen MR) is 96.4 cm³/mol. The third-order valence-electron chi connectivity index (χ3n) is 4.37. The maximum atomic E-state index is 12.9. The first-order chi connectivity index (χ1) is 12.6. The van der Waals surface area contributed by atoms with Crippen LogP contribution < -0.4 is 16.4 Å². The number of nitrogens with zero attached hydrogens (tertiary/aromatic N) is 1. The number of likely N-dealkylation sites (tertiary alicyclic amines) is 1. The highest BCUT2D eigenvalue weighted by Gasteiger charge is 2.38. The summed E-state index contributed by atoms with van der Waals surface area (Å²) in [5.74, 6) is -2.83. The van der Waals surface area contributed by atoms with Crippen LogP contribution in [0.2, 0.25) is 0 Å². The fourth-order valence-corrected chi connectivity index (χ4v) is 2.95. The van der Waals surface area contributed by atoms with Crippen LogP contribution in [0.3, 0.4) is 0 Å². The fourth-order valence-electron chi connectivity index (χ4n) is 2.95. The van der Waals surface area contributed by atoms with Crippen LogP contribution in [0, 0.1) is 5.92 Å². The molecule has 1 aliphatic heterocycles. The number of carboxylic acid groups (broad SMARTS) is 1. The molecule has 0 radical (unpaired) electrons. The molecule has 1 saturated heterocycles. The number of carboxylic acids is 1. The van der Waals surface area contributed by atoms with Crippen molar-refractivity contribution in [2.75, 3.05) is 13.2 Å². The van der Waals surface area contributed by atoms with Crippen molar-refractivity contribution in [2.45, 2.75) is 64.2 Å². The molecule has 1 aliphatic rings. The average Bonchev–Trinajstić information content (AvgIpc) is 3.07. The molecule has 3 amide bonds. The number of amides is 3. The third-order valence-corrected chi connectivity index (χ3v) is 4.37. The van der Waals surface area contributed by atoms with E-state index in [1.165, 1.54) is 11.8 Å². The Kier molecular flexibility index (Phi) is 8.64. The van der Waals surface area contributed by atoms with Crippen molar-refractivity contribution in [3.8, 4) is 0 Å². The van der Waals surface area contributed by atoms with Crippen molar-refractivity contribution in [3.63, 3.8) is 0 Å². The number of aliphatic hydroxyl groups excluding tert-OH is 1. The first kappa shape index (κ1) is 22.8. The summed E-state index contributed by atoms with van der Waals surface area (Å²) in [7, 11) is 0. The lowest BCUT2D eigenvalue weighted by molar-refractivity contribution is -0.149. The largest absolute Gasteiger partial charge is 0.480 e. The van der Waals surface area contributed by atoms with Crippen LogP contribution in [0.4, 0.5) is 0 Å². The molecule has 0 aliphatic carbocycles. The molecule has 0 aromatic carbocycles. The lowest BCUT2D eigenvalue weighted by Crippen LogP contribution is -2.58. The first-order valence-electron chi connectivity index (χ1n) is 9.08. The number of hydrogen-bond acceptors (Lipinski definition) is 6. The quantitative estimate of drug-likeness (QED) is 0.319. The fraction of sp³-hybridized carbons (Fsp3) is 0.765. The van der Waals surface area contributed by atoms with Gasteiger partial charge < -0.3 is 31.5 Å². The predicted octanol–water partition coefficient (Wildman–Crippen LogP) is -1.58. The number of aliphatic carboxylic acids is 1. The van der Waals surface area contributed by atoms with Crippen molar-refractivity contribution in [1.82, 2.24) is 15.5 Å². The average molecular weight is 386 g/mol. The van der Waals surface area contributed by atoms with E-state index in [1.54, 1.807) is 0 Å². The Bertz CT molecular complexity index is 566. The number of aliphatic hydroxyl groups is 1. The second-order valence-electron chi connectivity index (χ2n) is 7.25. The Morgan fingerprint density at radius 2 is 1.70 bits per heavy atom. The number of rotatable bonds is 9. The second-order valence-corrected chi connectivity index (χ2v) is 7.25. The van der Waals surface area contributed by atoms with Gasteiger partial charge in [0.2, 0.25) is 17.7 Å². The lowest BCUT2D eigenvalue weighted by Gasteiger charge is -2.29. The van der Waals surface area contributed by atoms with Crippen LogP contribution in [0.1, 0.15) is 40.0 Å². The maximum absolute atomic E-state index is 12.9. The maximum Gasteiger partial charge on any atom is 0.326 e. The van der Waals surface area contributed by atoms with E-state index < -0.39 is 54.5 Å². The molecular formula is C17H30N4O6. The third kappa shape index (κ3) is 6.47. The van der Waals surface area contributed by atoms with Gasteiger partial charge in [-0.3, -0.25) is 14.4 Å². The summed E-state index contributed by atoms with van der Waals surface area (Å²) in [6.45, 7) is 4.82. The minimum absolute atomic E-state index is 0.0522. The lowest BCUT2D eigenvalue weighted by atomic mass is 10.0. The smallest absolute Gasteiger partial charge is 0.326 e. The molecule has 1 heterocycles. The van der Waals surface area contributed by atoms with E-state index in [1.807, 2.05) is 13.8 Å². The highest BCUT2D eigenvalue weighted by molar-refractivity contribution is 5.94. The van der Waals surface area contributed by atoms with Crippen LogP contribution in [-0.4, -0.2) is 76.1 Å². The highest BCUT2D eigenvalue weighted by atomic mass is 16.4. The molecular weight excluding hydrogens is 356 g/mol. The summed E-state index contributed by atoms with van der Waals surface area (Å²) >= 11 is 0. The molecule has 6 N–H and O–H groups in total. The van der Waals surface area contributed by atoms with Crippen LogP contribution in [0.5, 0.6) is 0 Å². The van der Waals surface area contributed by atoms with Gasteiger partial charge in [0.15, 0.2) is 0 Å². The standard InChI is InChI=1S/C17H30N4O6/c1-9(2)7-11(16(25)21-6-4-5-13(21)17(26)27)19-15(24)12(8-22)20-14(23)10(3)18/h9-13,22H,4-8,18H2,1-3H3,(H,19,24)(H,20,23)(H,26,27). The van der Waals surface area contributed by atoms with E-state index in [0.717, 1.165) is 0 Å². The van der Waals surface area contributed by atoms with Crippen molar-refractivity contribution in [3.05, 3.63) is 0 Å². The summed E-state index contributed by atoms with van der Waals surface area (Å²) in [6, 6.07) is -3.96. The van der Waals surface area contributed by atoms with Gasteiger partial charge >= 0.3 is 5.97 Å². The molecule has 1 fully saturated rings. The van der Waals surface area contributed by atoms with E-state index in [2.05, 4.69) is 10.6 Å². The minimum Gasteiger partial charge on any atom is -0.480 e. The van der Waals surface area contributed by atoms with E-state index in [0.29, 0.717) is 25.8 Å². The summed E-state index contributed by atoms with van der Waals surface area (Å²) in [5.41, 5.74) is 5.44. The summed E-state index contributed by atoms with van der Waals surface area (Å²) in [4.78, 5) is 49.6. The zero-order valence-corrected chi connectivity index (χ0v) is 16.0. The number of nitrogens with two attached hydrogens (primary N) is 1. The molecule has 4 atom stereocenters. The number of hydrogen-bond donors (Lipinski definition) is 5. The van der Waals surface area contributed by atoms with Gasteiger partial charge in [0, 0.05) is 6.54 Å². The molecule has 0 saturated carbocycles. The molecule has 27 heavy (non-hydrogen) atoms. The highest BCUT2D eigenvalue weighted by Crippen LogP contribution is 2.20. The Morgan fingerprint density at radius 1 is 1.11 bits per heavy atom. The van der Waals surface area contributed by atoms with Gasteiger partial charge in [-0.15, -0.1) is 0 Å². The van der Waals surface area contributed by atoms with Crippen LogP contribution >= 0.6 is 0 Å². The van der Waals surface area contributed by atoms with Crippen molar-refractivity contribution in [1.29, 1.82) is 0 Å². The SMILES string of the molecule is CC(C)CC(NC(=O)C(CO)NC(=O)C(C)N)C(=O)N1CCCC1C(=O)O. The van der Waals surface area contributed by atoms with Crippen LogP contribution in [0.15, 0.2) is 0 Å². The first-order valence-corrected chi connectivity index (χ1v) is 9.08. The molecule has 0 aromatic rings. The minimum atomic E-state index is -1.25. The molecule has 10 heteroatoms. The van der Waals surface area contributed by atoms with Crippen molar-refractivity contribution < 1.29 is 29.4 Å². The van der Waals surface area contributed by atoms with E-state index in [9.17, 15) is 29.4 Å². The van der Waals surface area contributed by atoms with Gasteiger partial charge in [-0.25, -0.2) is 4.79 Å². The van der Waals surface area contributed by atoms with Gasteiger partial charge in [-0.2, -0.15) is 0 Å². The number of nitrogens with one attached hydrogen (secondary N) is 2. The summed E-state index contributed by atoms with van der Waals surface area (Å²) < 4.78 is 0. The van der Waals surface area contributed by atoms with E-state index >= 15 is 0 Å². The Morgan fingerprint density at radius 3 is 2.19 bits per heavy atom. The molecule has 0 aromatic heterocycles. The van der Waals surface area contributed by atoms with E-state index in [4.69, 9.17) is 5.73 Å². The molecule has 1 rings (SSSR count). The summed E-state index contributed by atoms with van der Waals surface area (Å²) in [6.07, 6.45) is 1.24. The normalized spacial score (nSPS) is 20.1. The van der Waals surface area contributed by atoms with Crippen molar-refractivity contribution >= 4 is 23.7 Å². The van der Waals surface area contributed by atoms with Gasteiger partial charge in [0.25, 0.3) is 0 Å². The van der Waals surface area contributed by atoms with Gasteiger partial charge in [-0.05, 0) is 32.1 Å². The van der Waals surface area contributed by atoms with Crippen LogP contribution in [0.25, 0.3) is 0 Å². The molecule has 0 bridgehead atoms.